The van der Waals surface area contributed by atoms with E-state index < -0.39 is 5.54 Å². The Labute approximate surface area is 198 Å². The maximum atomic E-state index is 14.6. The molecule has 7 heteroatoms. The van der Waals surface area contributed by atoms with Crippen molar-refractivity contribution in [2.45, 2.75) is 63.7 Å². The topological polar surface area (TPSA) is 63.6 Å². The van der Waals surface area contributed by atoms with Gasteiger partial charge in [0, 0.05) is 23.1 Å². The van der Waals surface area contributed by atoms with Gasteiger partial charge >= 0.3 is 0 Å². The van der Waals surface area contributed by atoms with Gasteiger partial charge in [-0.05, 0) is 44.0 Å². The molecule has 6 nitrogen and oxygen atoms in total. The molecule has 0 radical (unpaired) electrons. The van der Waals surface area contributed by atoms with Gasteiger partial charge in [-0.25, -0.2) is 4.39 Å². The van der Waals surface area contributed by atoms with Crippen molar-refractivity contribution in [2.75, 3.05) is 7.11 Å². The lowest BCUT2D eigenvalue weighted by Crippen LogP contribution is -2.64. The minimum absolute atomic E-state index is 0.0188. The number of rotatable bonds is 5. The number of halogens is 1. The number of methoxy groups -OCH3 is 1. The minimum Gasteiger partial charge on any atom is -0.497 e. The van der Waals surface area contributed by atoms with Gasteiger partial charge in [-0.15, -0.1) is 0 Å². The third-order valence-electron chi connectivity index (χ3n) is 7.35. The Morgan fingerprint density at radius 1 is 1.15 bits per heavy atom. The summed E-state index contributed by atoms with van der Waals surface area (Å²) >= 11 is 0. The van der Waals surface area contributed by atoms with Gasteiger partial charge < -0.3 is 19.5 Å². The van der Waals surface area contributed by atoms with Gasteiger partial charge in [0.1, 0.15) is 22.8 Å². The van der Waals surface area contributed by atoms with Gasteiger partial charge in [-0.2, -0.15) is 0 Å². The first-order valence-electron chi connectivity index (χ1n) is 11.9. The molecule has 5 rings (SSSR count). The van der Waals surface area contributed by atoms with Crippen LogP contribution in [0.5, 0.6) is 5.75 Å². The number of ether oxygens (including phenoxy) is 1. The van der Waals surface area contributed by atoms with Crippen LogP contribution in [0, 0.1) is 5.82 Å². The van der Waals surface area contributed by atoms with E-state index in [9.17, 15) is 14.0 Å². The van der Waals surface area contributed by atoms with E-state index in [0.717, 1.165) is 36.6 Å². The number of nitrogens with zero attached hydrogens (tertiary/aromatic N) is 2. The molecule has 0 bridgehead atoms. The molecule has 1 saturated carbocycles. The molecule has 34 heavy (non-hydrogen) atoms. The fraction of sp³-hybridized carbons (Fsp3) is 0.407. The highest BCUT2D eigenvalue weighted by Gasteiger charge is 2.48. The smallest absolute Gasteiger partial charge is 0.271 e. The molecule has 1 aromatic heterocycles. The Hall–Kier alpha value is -3.35. The number of fused-ring (bicyclic) bond motifs is 3. The summed E-state index contributed by atoms with van der Waals surface area (Å²) in [6, 6.07) is 14.0. The zero-order valence-corrected chi connectivity index (χ0v) is 19.6. The SMILES string of the molecule is COc1ccc2cc3n(c2c1)C[C@@](C)(C(=O)NC1CCCCC1)N(Cc1ccccc1F)C3=O. The summed E-state index contributed by atoms with van der Waals surface area (Å²) in [5.41, 5.74) is 0.532. The van der Waals surface area contributed by atoms with Crippen LogP contribution in [0.3, 0.4) is 0 Å². The Bertz CT molecular complexity index is 1250. The van der Waals surface area contributed by atoms with E-state index in [1.165, 1.54) is 17.4 Å². The van der Waals surface area contributed by atoms with E-state index in [0.29, 0.717) is 17.0 Å². The molecule has 178 valence electrons. The van der Waals surface area contributed by atoms with Crippen LogP contribution in [-0.2, 0) is 17.9 Å². The lowest BCUT2D eigenvalue weighted by Gasteiger charge is -2.45. The molecule has 2 amide bonds. The van der Waals surface area contributed by atoms with Crippen molar-refractivity contribution in [1.29, 1.82) is 0 Å². The summed E-state index contributed by atoms with van der Waals surface area (Å²) in [5.74, 6) is -0.186. The first-order chi connectivity index (χ1) is 16.4. The standard InChI is InChI=1S/C27H30FN3O3/c1-27(26(33)29-20-9-4-3-5-10-20)17-30-23-15-21(34-2)13-12-18(23)14-24(30)25(32)31(27)16-19-8-6-7-11-22(19)28/h6-8,11-15,20H,3-5,9-10,16-17H2,1-2H3,(H,29,33)/t27-/m0/s1. The minimum atomic E-state index is -1.18. The van der Waals surface area contributed by atoms with Crippen LogP contribution < -0.4 is 10.1 Å². The highest BCUT2D eigenvalue weighted by molar-refractivity contribution is 6.03. The zero-order chi connectivity index (χ0) is 23.9. The number of carbonyl (C=O) groups excluding carboxylic acids is 2. The van der Waals surface area contributed by atoms with Gasteiger partial charge in [0.15, 0.2) is 0 Å². The van der Waals surface area contributed by atoms with Crippen LogP contribution in [0.1, 0.15) is 55.1 Å². The third-order valence-corrected chi connectivity index (χ3v) is 7.35. The van der Waals surface area contributed by atoms with Crippen LogP contribution in [0.4, 0.5) is 4.39 Å². The summed E-state index contributed by atoms with van der Waals surface area (Å²) < 4.78 is 21.9. The monoisotopic (exact) mass is 463 g/mol. The molecule has 1 N–H and O–H groups in total. The molecule has 2 heterocycles. The lowest BCUT2D eigenvalue weighted by molar-refractivity contribution is -0.134. The quantitative estimate of drug-likeness (QED) is 0.599. The number of hydrogen-bond donors (Lipinski definition) is 1. The molecule has 2 aromatic carbocycles. The van der Waals surface area contributed by atoms with Crippen LogP contribution in [0.15, 0.2) is 48.5 Å². The molecule has 1 fully saturated rings. The van der Waals surface area contributed by atoms with E-state index in [-0.39, 0.29) is 36.8 Å². The summed E-state index contributed by atoms with van der Waals surface area (Å²) in [7, 11) is 1.60. The van der Waals surface area contributed by atoms with Crippen molar-refractivity contribution in [2.24, 2.45) is 0 Å². The number of nitrogens with one attached hydrogen (secondary N) is 1. The highest BCUT2D eigenvalue weighted by atomic mass is 19.1. The van der Waals surface area contributed by atoms with E-state index in [1.54, 1.807) is 32.2 Å². The van der Waals surface area contributed by atoms with Crippen molar-refractivity contribution in [3.63, 3.8) is 0 Å². The van der Waals surface area contributed by atoms with Gasteiger partial charge in [-0.3, -0.25) is 9.59 Å². The molecule has 1 aliphatic carbocycles. The summed E-state index contributed by atoms with van der Waals surface area (Å²) in [5, 5.41) is 4.10. The molecule has 0 spiro atoms. The van der Waals surface area contributed by atoms with Crippen LogP contribution in [0.2, 0.25) is 0 Å². The van der Waals surface area contributed by atoms with Crippen molar-refractivity contribution < 1.29 is 18.7 Å². The average molecular weight is 464 g/mol. The van der Waals surface area contributed by atoms with E-state index in [2.05, 4.69) is 5.32 Å². The molecule has 0 unspecified atom stereocenters. The zero-order valence-electron chi connectivity index (χ0n) is 19.6. The van der Waals surface area contributed by atoms with E-state index in [1.807, 2.05) is 28.8 Å². The number of aromatic nitrogens is 1. The number of amides is 2. The molecule has 2 aliphatic rings. The second-order valence-corrected chi connectivity index (χ2v) is 9.61. The summed E-state index contributed by atoms with van der Waals surface area (Å²) in [6.45, 7) is 2.08. The predicted molar refractivity (Wildman–Crippen MR) is 128 cm³/mol. The lowest BCUT2D eigenvalue weighted by atomic mass is 9.91. The average Bonchev–Trinajstić information content (AvgIpc) is 3.21. The maximum Gasteiger partial charge on any atom is 0.271 e. The Balaban J connectivity index is 1.58. The first kappa shape index (κ1) is 22.4. The molecule has 0 saturated heterocycles. The van der Waals surface area contributed by atoms with E-state index in [4.69, 9.17) is 4.74 Å². The molecule has 1 atom stereocenters. The third kappa shape index (κ3) is 3.83. The Morgan fingerprint density at radius 2 is 1.91 bits per heavy atom. The van der Waals surface area contributed by atoms with Crippen molar-refractivity contribution >= 4 is 22.7 Å². The van der Waals surface area contributed by atoms with Crippen molar-refractivity contribution in [1.82, 2.24) is 14.8 Å². The highest BCUT2D eigenvalue weighted by Crippen LogP contribution is 2.35. The van der Waals surface area contributed by atoms with Gasteiger partial charge in [0.25, 0.3) is 5.91 Å². The fourth-order valence-corrected chi connectivity index (χ4v) is 5.29. The van der Waals surface area contributed by atoms with Crippen LogP contribution in [0.25, 0.3) is 10.9 Å². The molecule has 3 aromatic rings. The predicted octanol–water partition coefficient (Wildman–Crippen LogP) is 4.65. The number of carbonyl (C=O) groups is 2. The normalized spacial score (nSPS) is 20.9. The largest absolute Gasteiger partial charge is 0.497 e. The first-order valence-corrected chi connectivity index (χ1v) is 11.9. The second kappa shape index (κ2) is 8.78. The molecular formula is C27H30FN3O3. The summed E-state index contributed by atoms with van der Waals surface area (Å²) in [6.07, 6.45) is 5.25. The summed E-state index contributed by atoms with van der Waals surface area (Å²) in [4.78, 5) is 29.2. The van der Waals surface area contributed by atoms with Crippen LogP contribution in [-0.4, -0.2) is 40.0 Å². The van der Waals surface area contributed by atoms with Gasteiger partial charge in [0.2, 0.25) is 5.91 Å². The molecule has 1 aliphatic heterocycles. The van der Waals surface area contributed by atoms with Gasteiger partial charge in [0.05, 0.1) is 25.7 Å². The van der Waals surface area contributed by atoms with E-state index >= 15 is 0 Å². The van der Waals surface area contributed by atoms with Gasteiger partial charge in [-0.1, -0.05) is 37.5 Å². The fourth-order valence-electron chi connectivity index (χ4n) is 5.29. The number of benzene rings is 2. The molecular weight excluding hydrogens is 433 g/mol. The van der Waals surface area contributed by atoms with Crippen molar-refractivity contribution in [3.05, 3.63) is 65.6 Å². The number of hydrogen-bond acceptors (Lipinski definition) is 3. The Morgan fingerprint density at radius 3 is 2.65 bits per heavy atom. The second-order valence-electron chi connectivity index (χ2n) is 9.61. The van der Waals surface area contributed by atoms with Crippen LogP contribution >= 0.6 is 0 Å². The maximum absolute atomic E-state index is 14.6. The van der Waals surface area contributed by atoms with Crippen molar-refractivity contribution in [3.8, 4) is 5.75 Å². The Kier molecular flexibility index (Phi) is 5.80.